The van der Waals surface area contributed by atoms with E-state index >= 15 is 0 Å². The van der Waals surface area contributed by atoms with Crippen LogP contribution in [0.3, 0.4) is 0 Å². The molecule has 0 atom stereocenters. The summed E-state index contributed by atoms with van der Waals surface area (Å²) in [6.45, 7) is 2.93. The number of fused-ring (bicyclic) bond motifs is 1. The first-order valence-electron chi connectivity index (χ1n) is 7.22. The second kappa shape index (κ2) is 5.49. The first-order chi connectivity index (χ1) is 9.76. The van der Waals surface area contributed by atoms with Crippen molar-refractivity contribution in [2.75, 3.05) is 5.32 Å². The number of aromatic nitrogens is 2. The summed E-state index contributed by atoms with van der Waals surface area (Å²) in [5, 5.41) is 7.13. The van der Waals surface area contributed by atoms with Crippen LogP contribution in [0.15, 0.2) is 30.6 Å². The Morgan fingerprint density at radius 2 is 2.20 bits per heavy atom. The van der Waals surface area contributed by atoms with E-state index < -0.39 is 0 Å². The summed E-state index contributed by atoms with van der Waals surface area (Å²) in [6.07, 6.45) is 7.93. The molecule has 0 aliphatic heterocycles. The summed E-state index contributed by atoms with van der Waals surface area (Å²) < 4.78 is 1.80. The summed E-state index contributed by atoms with van der Waals surface area (Å²) in [4.78, 5) is 12.2. The molecule has 0 fully saturated rings. The number of carbonyl (C=O) groups is 1. The maximum atomic E-state index is 12.2. The van der Waals surface area contributed by atoms with E-state index in [1.165, 1.54) is 17.5 Å². The fourth-order valence-corrected chi connectivity index (χ4v) is 2.69. The molecule has 4 heteroatoms. The van der Waals surface area contributed by atoms with E-state index in [0.717, 1.165) is 31.5 Å². The molecule has 1 amide bonds. The van der Waals surface area contributed by atoms with Gasteiger partial charge in [-0.1, -0.05) is 13.0 Å². The van der Waals surface area contributed by atoms with Crippen molar-refractivity contribution in [3.63, 3.8) is 0 Å². The number of rotatable bonds is 4. The fourth-order valence-electron chi connectivity index (χ4n) is 2.69. The van der Waals surface area contributed by atoms with Crippen molar-refractivity contribution >= 4 is 11.6 Å². The number of amides is 1. The van der Waals surface area contributed by atoms with Crippen LogP contribution in [0.1, 0.15) is 41.3 Å². The van der Waals surface area contributed by atoms with Gasteiger partial charge in [0.2, 0.25) is 0 Å². The fraction of sp³-hybridized carbons (Fsp3) is 0.375. The van der Waals surface area contributed by atoms with Crippen LogP contribution >= 0.6 is 0 Å². The molecule has 2 aromatic rings. The largest absolute Gasteiger partial charge is 0.322 e. The quantitative estimate of drug-likeness (QED) is 0.927. The lowest BCUT2D eigenvalue weighted by Gasteiger charge is -2.06. The van der Waals surface area contributed by atoms with E-state index in [1.54, 1.807) is 17.1 Å². The molecule has 1 aliphatic rings. The smallest absolute Gasteiger partial charge is 0.258 e. The molecule has 104 valence electrons. The zero-order valence-electron chi connectivity index (χ0n) is 11.7. The Kier molecular flexibility index (Phi) is 3.54. The van der Waals surface area contributed by atoms with Gasteiger partial charge in [-0.3, -0.25) is 9.48 Å². The molecule has 0 saturated heterocycles. The third-order valence-electron chi connectivity index (χ3n) is 3.70. The maximum absolute atomic E-state index is 12.2. The van der Waals surface area contributed by atoms with Crippen molar-refractivity contribution in [1.82, 2.24) is 9.78 Å². The van der Waals surface area contributed by atoms with Crippen molar-refractivity contribution < 1.29 is 4.79 Å². The first kappa shape index (κ1) is 12.9. The highest BCUT2D eigenvalue weighted by Crippen LogP contribution is 2.25. The van der Waals surface area contributed by atoms with Gasteiger partial charge in [-0.25, -0.2) is 0 Å². The van der Waals surface area contributed by atoms with E-state index in [1.807, 2.05) is 6.07 Å². The Balaban J connectivity index is 1.71. The van der Waals surface area contributed by atoms with Crippen molar-refractivity contribution in [2.24, 2.45) is 0 Å². The van der Waals surface area contributed by atoms with Crippen LogP contribution in [0.4, 0.5) is 5.69 Å². The lowest BCUT2D eigenvalue weighted by molar-refractivity contribution is 0.102. The highest BCUT2D eigenvalue weighted by Gasteiger charge is 2.13. The highest BCUT2D eigenvalue weighted by molar-refractivity contribution is 6.04. The molecule has 1 aromatic heterocycles. The minimum Gasteiger partial charge on any atom is -0.322 e. The Bertz CT molecular complexity index is 630. The minimum atomic E-state index is -0.0923. The van der Waals surface area contributed by atoms with Crippen LogP contribution in [0.25, 0.3) is 0 Å². The predicted molar refractivity (Wildman–Crippen MR) is 78.9 cm³/mol. The van der Waals surface area contributed by atoms with E-state index in [4.69, 9.17) is 0 Å². The van der Waals surface area contributed by atoms with Crippen LogP contribution in [0.2, 0.25) is 0 Å². The second-order valence-electron chi connectivity index (χ2n) is 5.28. The van der Waals surface area contributed by atoms with Gasteiger partial charge in [-0.05, 0) is 48.9 Å². The number of hydrogen-bond acceptors (Lipinski definition) is 2. The van der Waals surface area contributed by atoms with E-state index in [9.17, 15) is 4.79 Å². The SMILES string of the molecule is CCCn1cc(C(=O)Nc2ccc3c(c2)CCC3)cn1. The molecule has 1 N–H and O–H groups in total. The molecule has 0 radical (unpaired) electrons. The van der Waals surface area contributed by atoms with Gasteiger partial charge in [0.25, 0.3) is 5.91 Å². The number of nitrogens with zero attached hydrogens (tertiary/aromatic N) is 2. The normalized spacial score (nSPS) is 13.2. The van der Waals surface area contributed by atoms with Crippen molar-refractivity contribution in [2.45, 2.75) is 39.2 Å². The number of anilines is 1. The van der Waals surface area contributed by atoms with Gasteiger partial charge in [-0.2, -0.15) is 5.10 Å². The second-order valence-corrected chi connectivity index (χ2v) is 5.28. The molecule has 4 nitrogen and oxygen atoms in total. The zero-order valence-corrected chi connectivity index (χ0v) is 11.7. The summed E-state index contributed by atoms with van der Waals surface area (Å²) in [5.74, 6) is -0.0923. The van der Waals surface area contributed by atoms with Gasteiger partial charge in [0.05, 0.1) is 11.8 Å². The molecule has 1 aliphatic carbocycles. The van der Waals surface area contributed by atoms with Gasteiger partial charge in [-0.15, -0.1) is 0 Å². The van der Waals surface area contributed by atoms with Crippen molar-refractivity contribution in [3.8, 4) is 0 Å². The third kappa shape index (κ3) is 2.59. The van der Waals surface area contributed by atoms with Gasteiger partial charge < -0.3 is 5.32 Å². The summed E-state index contributed by atoms with van der Waals surface area (Å²) in [6, 6.07) is 6.20. The van der Waals surface area contributed by atoms with E-state index in [0.29, 0.717) is 5.56 Å². The Hall–Kier alpha value is -2.10. The number of nitrogens with one attached hydrogen (secondary N) is 1. The molecule has 20 heavy (non-hydrogen) atoms. The average Bonchev–Trinajstić information content (AvgIpc) is 3.07. The van der Waals surface area contributed by atoms with Crippen LogP contribution in [0, 0.1) is 0 Å². The number of benzene rings is 1. The molecule has 0 bridgehead atoms. The number of hydrogen-bond donors (Lipinski definition) is 1. The first-order valence-corrected chi connectivity index (χ1v) is 7.22. The Labute approximate surface area is 118 Å². The number of aryl methyl sites for hydroxylation is 3. The maximum Gasteiger partial charge on any atom is 0.258 e. The average molecular weight is 269 g/mol. The van der Waals surface area contributed by atoms with Gasteiger partial charge in [0.15, 0.2) is 0 Å². The lowest BCUT2D eigenvalue weighted by atomic mass is 10.1. The standard InChI is InChI=1S/C16H19N3O/c1-2-8-19-11-14(10-17-19)16(20)18-15-7-6-12-4-3-5-13(12)9-15/h6-7,9-11H,2-5,8H2,1H3,(H,18,20). The van der Waals surface area contributed by atoms with E-state index in [2.05, 4.69) is 29.5 Å². The van der Waals surface area contributed by atoms with Crippen LogP contribution in [-0.2, 0) is 19.4 Å². The Morgan fingerprint density at radius 1 is 1.35 bits per heavy atom. The molecule has 0 saturated carbocycles. The van der Waals surface area contributed by atoms with Gasteiger partial charge in [0, 0.05) is 18.4 Å². The summed E-state index contributed by atoms with van der Waals surface area (Å²) in [5.41, 5.74) is 4.26. The lowest BCUT2D eigenvalue weighted by Crippen LogP contribution is -2.11. The summed E-state index contributed by atoms with van der Waals surface area (Å²) in [7, 11) is 0. The molecule has 0 spiro atoms. The summed E-state index contributed by atoms with van der Waals surface area (Å²) >= 11 is 0. The molecule has 3 rings (SSSR count). The monoisotopic (exact) mass is 269 g/mol. The highest BCUT2D eigenvalue weighted by atomic mass is 16.1. The zero-order chi connectivity index (χ0) is 13.9. The van der Waals surface area contributed by atoms with Gasteiger partial charge >= 0.3 is 0 Å². The van der Waals surface area contributed by atoms with Crippen molar-refractivity contribution in [3.05, 3.63) is 47.3 Å². The van der Waals surface area contributed by atoms with Crippen LogP contribution in [0.5, 0.6) is 0 Å². The molecule has 0 unspecified atom stereocenters. The van der Waals surface area contributed by atoms with Crippen LogP contribution < -0.4 is 5.32 Å². The molecule has 1 aromatic carbocycles. The minimum absolute atomic E-state index is 0.0923. The molecular formula is C16H19N3O. The molecule has 1 heterocycles. The Morgan fingerprint density at radius 3 is 3.05 bits per heavy atom. The third-order valence-corrected chi connectivity index (χ3v) is 3.70. The van der Waals surface area contributed by atoms with E-state index in [-0.39, 0.29) is 5.91 Å². The topological polar surface area (TPSA) is 46.9 Å². The van der Waals surface area contributed by atoms with Crippen molar-refractivity contribution in [1.29, 1.82) is 0 Å². The van der Waals surface area contributed by atoms with Crippen LogP contribution in [-0.4, -0.2) is 15.7 Å². The number of carbonyl (C=O) groups excluding carboxylic acids is 1. The molecular weight excluding hydrogens is 250 g/mol. The van der Waals surface area contributed by atoms with Gasteiger partial charge in [0.1, 0.15) is 0 Å². The predicted octanol–water partition coefficient (Wildman–Crippen LogP) is 3.03.